The molecule has 2 fully saturated rings. The van der Waals surface area contributed by atoms with Crippen LogP contribution < -0.4 is 9.80 Å². The lowest BCUT2D eigenvalue weighted by atomic mass is 9.73. The second kappa shape index (κ2) is 17.3. The van der Waals surface area contributed by atoms with Gasteiger partial charge in [0.15, 0.2) is 5.78 Å². The molecule has 2 aliphatic rings. The van der Waals surface area contributed by atoms with Crippen molar-refractivity contribution in [3.63, 3.8) is 0 Å². The summed E-state index contributed by atoms with van der Waals surface area (Å²) < 4.78 is 11.2. The highest BCUT2D eigenvalue weighted by atomic mass is 16.5. The summed E-state index contributed by atoms with van der Waals surface area (Å²) in [6.07, 6.45) is 1.53. The van der Waals surface area contributed by atoms with Crippen LogP contribution in [0.2, 0.25) is 0 Å². The third-order valence-corrected chi connectivity index (χ3v) is 10.5. The first kappa shape index (κ1) is 35.8. The number of Topliss-reactive ketones (excluding diaryl/α,β-unsaturated/α-hetero) is 1. The molecule has 0 spiro atoms. The molecule has 7 heteroatoms. The number of rotatable bonds is 14. The molecule has 4 aromatic carbocycles. The van der Waals surface area contributed by atoms with Gasteiger partial charge in [0.25, 0.3) is 0 Å². The number of hydrogen-bond donors (Lipinski definition) is 0. The van der Waals surface area contributed by atoms with Crippen LogP contribution >= 0.6 is 0 Å². The number of anilines is 2. The Morgan fingerprint density at radius 3 is 1.20 bits per heavy atom. The van der Waals surface area contributed by atoms with E-state index in [0.29, 0.717) is 0 Å². The molecule has 0 N–H and O–H groups in total. The summed E-state index contributed by atoms with van der Waals surface area (Å²) >= 11 is 0. The molecule has 6 rings (SSSR count). The maximum Gasteiger partial charge on any atom is 0.150 e. The molecule has 4 aromatic rings. The van der Waals surface area contributed by atoms with Crippen molar-refractivity contribution >= 4 is 17.2 Å². The second-order valence-electron chi connectivity index (χ2n) is 14.2. The van der Waals surface area contributed by atoms with E-state index in [1.807, 2.05) is 0 Å². The van der Waals surface area contributed by atoms with Gasteiger partial charge in [0.1, 0.15) is 0 Å². The van der Waals surface area contributed by atoms with Gasteiger partial charge in [-0.3, -0.25) is 4.79 Å². The Morgan fingerprint density at radius 2 is 0.880 bits per heavy atom. The summed E-state index contributed by atoms with van der Waals surface area (Å²) in [6, 6.07) is 38.7. The van der Waals surface area contributed by atoms with E-state index in [9.17, 15) is 0 Å². The van der Waals surface area contributed by atoms with Crippen LogP contribution in [0.5, 0.6) is 0 Å². The molecular weight excluding hydrogens is 620 g/mol. The largest absolute Gasteiger partial charge is 0.378 e. The minimum absolute atomic E-state index is 0.0474. The predicted molar refractivity (Wildman–Crippen MR) is 205 cm³/mol. The first-order valence-corrected chi connectivity index (χ1v) is 18.2. The molecule has 4 unspecified atom stereocenters. The maximum atomic E-state index is 15.8. The Kier molecular flexibility index (Phi) is 12.4. The molecule has 2 heterocycles. The molecular formula is C43H54N4O3. The van der Waals surface area contributed by atoms with Gasteiger partial charge in [-0.1, -0.05) is 84.9 Å². The van der Waals surface area contributed by atoms with Gasteiger partial charge in [-0.05, 0) is 87.6 Å². The number of morpholine rings is 2. The number of benzene rings is 4. The fourth-order valence-corrected chi connectivity index (χ4v) is 7.68. The average molecular weight is 675 g/mol. The first-order chi connectivity index (χ1) is 24.4. The fourth-order valence-electron chi connectivity index (χ4n) is 7.68. The van der Waals surface area contributed by atoms with Crippen molar-refractivity contribution in [3.8, 4) is 0 Å². The zero-order chi connectivity index (χ0) is 34.9. The van der Waals surface area contributed by atoms with E-state index in [1.165, 1.54) is 22.5 Å². The summed E-state index contributed by atoms with van der Waals surface area (Å²) in [5, 5.41) is 0. The van der Waals surface area contributed by atoms with Crippen molar-refractivity contribution in [2.45, 2.75) is 36.8 Å². The van der Waals surface area contributed by atoms with Crippen LogP contribution in [-0.2, 0) is 27.1 Å². The van der Waals surface area contributed by atoms with E-state index in [4.69, 9.17) is 9.47 Å². The van der Waals surface area contributed by atoms with Gasteiger partial charge in [0.2, 0.25) is 0 Å². The van der Waals surface area contributed by atoms with Crippen LogP contribution in [0.4, 0.5) is 11.4 Å². The Hall–Kier alpha value is -4.01. The standard InChI is InChI=1S/C43H54N4O3/c1-44(2)39(31-33-11-7-5-8-12-33)41(35-15-19-37(20-16-35)46-23-27-49-28-24-46)43(48)42(40(45(3)4)32-34-13-9-6-10-14-34)36-17-21-38(22-18-36)47-25-29-50-30-26-47/h5-22,39-42H,23-32H2,1-4H3. The molecule has 2 aliphatic heterocycles. The Morgan fingerprint density at radius 1 is 0.540 bits per heavy atom. The van der Waals surface area contributed by atoms with Crippen LogP contribution in [0.1, 0.15) is 34.1 Å². The summed E-state index contributed by atoms with van der Waals surface area (Å²) in [7, 11) is 8.48. The normalized spacial score (nSPS) is 17.8. The molecule has 0 saturated carbocycles. The van der Waals surface area contributed by atoms with Gasteiger partial charge in [-0.25, -0.2) is 0 Å². The fraction of sp³-hybridized carbons (Fsp3) is 0.419. The summed E-state index contributed by atoms with van der Waals surface area (Å²) in [4.78, 5) is 25.0. The van der Waals surface area contributed by atoms with Crippen LogP contribution in [0.25, 0.3) is 0 Å². The molecule has 7 nitrogen and oxygen atoms in total. The SMILES string of the molecule is CN(C)C(Cc1ccccc1)C(C(=O)C(c1ccc(N2CCOCC2)cc1)C(Cc1ccccc1)N(C)C)c1ccc(N2CCOCC2)cc1. The highest BCUT2D eigenvalue weighted by Gasteiger charge is 2.40. The molecule has 264 valence electrons. The third-order valence-electron chi connectivity index (χ3n) is 10.5. The number of carbonyl (C=O) groups excluding carboxylic acids is 1. The molecule has 0 radical (unpaired) electrons. The van der Waals surface area contributed by atoms with Crippen molar-refractivity contribution in [1.29, 1.82) is 0 Å². The lowest BCUT2D eigenvalue weighted by molar-refractivity contribution is -0.124. The molecule has 0 aliphatic carbocycles. The second-order valence-corrected chi connectivity index (χ2v) is 14.2. The van der Waals surface area contributed by atoms with Crippen molar-refractivity contribution < 1.29 is 14.3 Å². The summed E-state index contributed by atoms with van der Waals surface area (Å²) in [5.74, 6) is -0.454. The van der Waals surface area contributed by atoms with Crippen LogP contribution in [0.3, 0.4) is 0 Å². The topological polar surface area (TPSA) is 48.5 Å². The van der Waals surface area contributed by atoms with Crippen LogP contribution in [0.15, 0.2) is 109 Å². The predicted octanol–water partition coefficient (Wildman–Crippen LogP) is 6.14. The van der Waals surface area contributed by atoms with Crippen LogP contribution in [0, 0.1) is 0 Å². The molecule has 0 amide bonds. The van der Waals surface area contributed by atoms with E-state index in [1.54, 1.807) is 0 Å². The average Bonchev–Trinajstić information content (AvgIpc) is 3.16. The van der Waals surface area contributed by atoms with Crippen LogP contribution in [-0.4, -0.2) is 108 Å². The highest BCUT2D eigenvalue weighted by molar-refractivity contribution is 5.93. The number of nitrogens with zero attached hydrogens (tertiary/aromatic N) is 4. The number of ether oxygens (including phenoxy) is 2. The van der Waals surface area contributed by atoms with Gasteiger partial charge in [0.05, 0.1) is 38.3 Å². The molecule has 4 atom stereocenters. The van der Waals surface area contributed by atoms with E-state index >= 15 is 4.79 Å². The summed E-state index contributed by atoms with van der Waals surface area (Å²) in [5.41, 5.74) is 6.95. The number of carbonyl (C=O) groups is 1. The lowest BCUT2D eigenvalue weighted by Gasteiger charge is -2.39. The quantitative estimate of drug-likeness (QED) is 0.159. The number of ketones is 1. The maximum absolute atomic E-state index is 15.8. The Labute approximate surface area is 299 Å². The lowest BCUT2D eigenvalue weighted by Crippen LogP contribution is -2.46. The Bertz CT molecular complexity index is 1480. The van der Waals surface area contributed by atoms with Gasteiger partial charge in [0, 0.05) is 49.6 Å². The Balaban J connectivity index is 1.43. The molecule has 50 heavy (non-hydrogen) atoms. The third kappa shape index (κ3) is 8.82. The molecule has 0 aromatic heterocycles. The molecule has 0 bridgehead atoms. The monoisotopic (exact) mass is 674 g/mol. The smallest absolute Gasteiger partial charge is 0.150 e. The van der Waals surface area contributed by atoms with Crippen molar-refractivity contribution in [3.05, 3.63) is 131 Å². The van der Waals surface area contributed by atoms with Crippen molar-refractivity contribution in [2.24, 2.45) is 0 Å². The zero-order valence-electron chi connectivity index (χ0n) is 30.3. The van der Waals surface area contributed by atoms with Gasteiger partial charge in [-0.2, -0.15) is 0 Å². The van der Waals surface area contributed by atoms with Gasteiger partial charge < -0.3 is 29.1 Å². The van der Waals surface area contributed by atoms with Gasteiger partial charge >= 0.3 is 0 Å². The van der Waals surface area contributed by atoms with E-state index in [-0.39, 0.29) is 29.7 Å². The van der Waals surface area contributed by atoms with E-state index in [2.05, 4.69) is 157 Å². The number of likely N-dealkylation sites (N-methyl/N-ethyl adjacent to an activating group) is 2. The minimum atomic E-state index is -0.355. The van der Waals surface area contributed by atoms with E-state index in [0.717, 1.165) is 76.6 Å². The summed E-state index contributed by atoms with van der Waals surface area (Å²) in [6.45, 7) is 6.46. The van der Waals surface area contributed by atoms with Crippen molar-refractivity contribution in [1.82, 2.24) is 9.80 Å². The van der Waals surface area contributed by atoms with E-state index < -0.39 is 0 Å². The highest BCUT2D eigenvalue weighted by Crippen LogP contribution is 2.38. The van der Waals surface area contributed by atoms with Crippen molar-refractivity contribution in [2.75, 3.05) is 90.6 Å². The molecule has 2 saturated heterocycles. The number of hydrogen-bond acceptors (Lipinski definition) is 7. The zero-order valence-corrected chi connectivity index (χ0v) is 30.3. The first-order valence-electron chi connectivity index (χ1n) is 18.2. The van der Waals surface area contributed by atoms with Gasteiger partial charge in [-0.15, -0.1) is 0 Å². The minimum Gasteiger partial charge on any atom is -0.378 e.